The van der Waals surface area contributed by atoms with Gasteiger partial charge in [0, 0.05) is 16.3 Å². The Morgan fingerprint density at radius 1 is 1.30 bits per heavy atom. The van der Waals surface area contributed by atoms with E-state index in [1.165, 1.54) is 0 Å². The first-order valence-corrected chi connectivity index (χ1v) is 8.50. The lowest BCUT2D eigenvalue weighted by molar-refractivity contribution is 0.0977. The maximum Gasteiger partial charge on any atom is 0.257 e. The molecule has 0 aromatic heterocycles. The molecule has 0 saturated carbocycles. The molecule has 120 valence electrons. The highest BCUT2D eigenvalue weighted by atomic mass is 127. The first-order chi connectivity index (χ1) is 10.9. The molecular weight excluding hydrogens is 447 g/mol. The highest BCUT2D eigenvalue weighted by Crippen LogP contribution is 2.23. The Morgan fingerprint density at radius 2 is 2.04 bits per heavy atom. The van der Waals surface area contributed by atoms with Crippen molar-refractivity contribution in [3.05, 3.63) is 56.1 Å². The molecule has 0 bridgehead atoms. The molecule has 0 atom stereocenters. The Labute approximate surface area is 158 Å². The molecule has 2 N–H and O–H groups in total. The summed E-state index contributed by atoms with van der Waals surface area (Å²) < 4.78 is 6.02. The van der Waals surface area contributed by atoms with Gasteiger partial charge >= 0.3 is 0 Å². The zero-order valence-corrected chi connectivity index (χ0v) is 16.2. The molecule has 0 unspecified atom stereocenters. The van der Waals surface area contributed by atoms with Gasteiger partial charge in [0.1, 0.15) is 5.75 Å². The predicted octanol–water partition coefficient (Wildman–Crippen LogP) is 4.39. The Balaban J connectivity index is 2.06. The minimum absolute atomic E-state index is 0.214. The van der Waals surface area contributed by atoms with E-state index in [1.54, 1.807) is 31.4 Å². The maximum absolute atomic E-state index is 12.2. The topological polar surface area (TPSA) is 50.4 Å². The molecule has 0 aliphatic rings. The van der Waals surface area contributed by atoms with Crippen LogP contribution in [-0.2, 0) is 0 Å². The lowest BCUT2D eigenvalue weighted by Crippen LogP contribution is -2.34. The summed E-state index contributed by atoms with van der Waals surface area (Å²) in [6.07, 6.45) is 0. The van der Waals surface area contributed by atoms with E-state index in [2.05, 4.69) is 33.2 Å². The van der Waals surface area contributed by atoms with Crippen molar-refractivity contribution in [3.8, 4) is 5.75 Å². The van der Waals surface area contributed by atoms with Crippen LogP contribution in [0.4, 0.5) is 5.69 Å². The number of anilines is 1. The summed E-state index contributed by atoms with van der Waals surface area (Å²) >= 11 is 13.4. The van der Waals surface area contributed by atoms with Crippen LogP contribution < -0.4 is 15.4 Å². The third-order valence-corrected chi connectivity index (χ3v) is 4.61. The van der Waals surface area contributed by atoms with E-state index in [1.807, 2.05) is 19.1 Å². The SMILES string of the molecule is COc1ccc(C(=O)NC(=S)Nc2cccc(Cl)c2C)cc1I. The molecule has 2 aromatic rings. The average molecular weight is 461 g/mol. The highest BCUT2D eigenvalue weighted by molar-refractivity contribution is 14.1. The van der Waals surface area contributed by atoms with Crippen LogP contribution >= 0.6 is 46.4 Å². The van der Waals surface area contributed by atoms with Gasteiger partial charge in [-0.1, -0.05) is 17.7 Å². The first-order valence-electron chi connectivity index (χ1n) is 6.63. The van der Waals surface area contributed by atoms with Crippen molar-refractivity contribution in [2.45, 2.75) is 6.92 Å². The fourth-order valence-corrected chi connectivity index (χ4v) is 2.99. The zero-order valence-electron chi connectivity index (χ0n) is 12.4. The van der Waals surface area contributed by atoms with Crippen molar-refractivity contribution in [1.82, 2.24) is 5.32 Å². The van der Waals surface area contributed by atoms with Crippen LogP contribution in [0.25, 0.3) is 0 Å². The van der Waals surface area contributed by atoms with Gasteiger partial charge in [-0.3, -0.25) is 10.1 Å². The number of hydrogen-bond donors (Lipinski definition) is 2. The molecule has 0 spiro atoms. The van der Waals surface area contributed by atoms with E-state index in [-0.39, 0.29) is 11.0 Å². The van der Waals surface area contributed by atoms with Gasteiger partial charge in [0.25, 0.3) is 5.91 Å². The fraction of sp³-hybridized carbons (Fsp3) is 0.125. The van der Waals surface area contributed by atoms with Gasteiger partial charge in [-0.25, -0.2) is 0 Å². The minimum Gasteiger partial charge on any atom is -0.496 e. The monoisotopic (exact) mass is 460 g/mol. The molecular formula is C16H14ClIN2O2S. The Morgan fingerprint density at radius 3 is 2.70 bits per heavy atom. The summed E-state index contributed by atoms with van der Waals surface area (Å²) in [5.74, 6) is 0.431. The van der Waals surface area contributed by atoms with Gasteiger partial charge in [-0.05, 0) is 77.6 Å². The molecule has 2 rings (SSSR count). The number of carbonyl (C=O) groups is 1. The summed E-state index contributed by atoms with van der Waals surface area (Å²) in [6.45, 7) is 1.88. The van der Waals surface area contributed by atoms with E-state index in [4.69, 9.17) is 28.6 Å². The summed E-state index contributed by atoms with van der Waals surface area (Å²) in [5.41, 5.74) is 2.12. The predicted molar refractivity (Wildman–Crippen MR) is 106 cm³/mol. The largest absolute Gasteiger partial charge is 0.496 e. The molecule has 0 aliphatic heterocycles. The highest BCUT2D eigenvalue weighted by Gasteiger charge is 2.11. The quantitative estimate of drug-likeness (QED) is 0.527. The van der Waals surface area contributed by atoms with Gasteiger partial charge < -0.3 is 10.1 Å². The second-order valence-corrected chi connectivity index (χ2v) is 6.65. The standard InChI is InChI=1S/C16H14ClIN2O2S/c1-9-11(17)4-3-5-13(9)19-16(23)20-15(21)10-6-7-14(22-2)12(18)8-10/h3-8H,1-2H3,(H2,19,20,21,23). The molecule has 0 heterocycles. The van der Waals surface area contributed by atoms with E-state index >= 15 is 0 Å². The van der Waals surface area contributed by atoms with E-state index in [9.17, 15) is 4.79 Å². The van der Waals surface area contributed by atoms with E-state index in [0.717, 1.165) is 20.6 Å². The molecule has 2 aromatic carbocycles. The van der Waals surface area contributed by atoms with Crippen molar-refractivity contribution in [2.75, 3.05) is 12.4 Å². The van der Waals surface area contributed by atoms with Crippen LogP contribution in [0, 0.1) is 10.5 Å². The van der Waals surface area contributed by atoms with Crippen LogP contribution in [-0.4, -0.2) is 18.1 Å². The van der Waals surface area contributed by atoms with Crippen molar-refractivity contribution in [1.29, 1.82) is 0 Å². The number of carbonyl (C=O) groups excluding carboxylic acids is 1. The van der Waals surface area contributed by atoms with Crippen LogP contribution in [0.1, 0.15) is 15.9 Å². The van der Waals surface area contributed by atoms with Gasteiger partial charge in [0.2, 0.25) is 0 Å². The Hall–Kier alpha value is -1.38. The lowest BCUT2D eigenvalue weighted by atomic mass is 10.2. The number of thiocarbonyl (C=S) groups is 1. The molecule has 4 nitrogen and oxygen atoms in total. The average Bonchev–Trinajstić information content (AvgIpc) is 2.51. The van der Waals surface area contributed by atoms with E-state index in [0.29, 0.717) is 10.6 Å². The van der Waals surface area contributed by atoms with Crippen LogP contribution in [0.15, 0.2) is 36.4 Å². The fourth-order valence-electron chi connectivity index (χ4n) is 1.88. The van der Waals surface area contributed by atoms with Gasteiger partial charge in [0.05, 0.1) is 10.7 Å². The Bertz CT molecular complexity index is 768. The third kappa shape index (κ3) is 4.55. The summed E-state index contributed by atoms with van der Waals surface area (Å²) in [6, 6.07) is 10.6. The molecule has 0 saturated heterocycles. The van der Waals surface area contributed by atoms with Gasteiger partial charge in [-0.15, -0.1) is 0 Å². The molecule has 0 aliphatic carbocycles. The Kier molecular flexibility index (Phi) is 6.20. The summed E-state index contributed by atoms with van der Waals surface area (Å²) in [4.78, 5) is 12.2. The van der Waals surface area contributed by atoms with Crippen LogP contribution in [0.3, 0.4) is 0 Å². The van der Waals surface area contributed by atoms with Crippen LogP contribution in [0.2, 0.25) is 5.02 Å². The number of benzene rings is 2. The molecule has 23 heavy (non-hydrogen) atoms. The van der Waals surface area contributed by atoms with Crippen molar-refractivity contribution >= 4 is 63.1 Å². The van der Waals surface area contributed by atoms with Crippen LogP contribution in [0.5, 0.6) is 5.75 Å². The van der Waals surface area contributed by atoms with Crippen molar-refractivity contribution in [2.24, 2.45) is 0 Å². The normalized spacial score (nSPS) is 10.1. The van der Waals surface area contributed by atoms with E-state index < -0.39 is 0 Å². The second kappa shape index (κ2) is 7.94. The maximum atomic E-state index is 12.2. The lowest BCUT2D eigenvalue weighted by Gasteiger charge is -2.13. The molecule has 1 amide bonds. The molecule has 0 radical (unpaired) electrons. The third-order valence-electron chi connectivity index (χ3n) is 3.16. The smallest absolute Gasteiger partial charge is 0.257 e. The first kappa shape index (κ1) is 18.0. The number of amides is 1. The number of rotatable bonds is 3. The van der Waals surface area contributed by atoms with Gasteiger partial charge in [0.15, 0.2) is 5.11 Å². The number of halogens is 2. The van der Waals surface area contributed by atoms with Crippen molar-refractivity contribution in [3.63, 3.8) is 0 Å². The number of methoxy groups -OCH3 is 1. The van der Waals surface area contributed by atoms with Crippen molar-refractivity contribution < 1.29 is 9.53 Å². The summed E-state index contributed by atoms with van der Waals surface area (Å²) in [7, 11) is 1.59. The molecule has 7 heteroatoms. The number of ether oxygens (including phenoxy) is 1. The van der Waals surface area contributed by atoms with Gasteiger partial charge in [-0.2, -0.15) is 0 Å². The second-order valence-electron chi connectivity index (χ2n) is 4.67. The number of hydrogen-bond acceptors (Lipinski definition) is 3. The zero-order chi connectivity index (χ0) is 17.0. The minimum atomic E-state index is -0.289. The number of nitrogens with one attached hydrogen (secondary N) is 2. The molecule has 0 fully saturated rings. The summed E-state index contributed by atoms with van der Waals surface area (Å²) in [5, 5.41) is 6.47.